The van der Waals surface area contributed by atoms with E-state index in [0.717, 1.165) is 4.47 Å². The third kappa shape index (κ3) is 5.19. The normalized spacial score (nSPS) is 11.7. The van der Waals surface area contributed by atoms with Gasteiger partial charge in [0.1, 0.15) is 11.9 Å². The smallest absolute Gasteiger partial charge is 0.282 e. The summed E-state index contributed by atoms with van der Waals surface area (Å²) in [5.41, 5.74) is 0.639. The van der Waals surface area contributed by atoms with E-state index in [1.807, 2.05) is 45.9 Å². The Morgan fingerprint density at radius 2 is 1.97 bits per heavy atom. The zero-order valence-electron chi connectivity index (χ0n) is 18.1. The Balaban J connectivity index is 2.15. The molecule has 0 spiro atoms. The number of aromatic nitrogens is 2. The molecule has 0 saturated heterocycles. The van der Waals surface area contributed by atoms with Crippen LogP contribution in [-0.2, 0) is 5.41 Å². The first-order valence-corrected chi connectivity index (χ1v) is 11.5. The molecule has 0 aliphatic rings. The molecule has 1 aromatic heterocycles. The van der Waals surface area contributed by atoms with Crippen molar-refractivity contribution >= 4 is 49.0 Å². The standard InChI is InChI=1S/C23H22Br2N4O3/c1-5-31-19-11-14(10-17(25)20(19)32-9-8-26)13-27-29-21(30)16-12-15(24)6-7-18(16)28-22(29)23(2,3)4/h6-7,10-13H,5,9H2,1-4H3. The van der Waals surface area contributed by atoms with Crippen LogP contribution in [0.2, 0.25) is 0 Å². The molecule has 3 rings (SSSR count). The van der Waals surface area contributed by atoms with Crippen LogP contribution >= 0.6 is 31.9 Å². The molecule has 0 fully saturated rings. The SMILES string of the molecule is CCOc1cc(C=Nn2c(C(C)(C)C)nc3ccc(Br)cc3c2=O)cc(Br)c1OCC#N. The van der Waals surface area contributed by atoms with E-state index in [1.165, 1.54) is 4.68 Å². The molecule has 3 aromatic rings. The van der Waals surface area contributed by atoms with Crippen LogP contribution in [0.5, 0.6) is 11.5 Å². The van der Waals surface area contributed by atoms with Gasteiger partial charge in [-0.3, -0.25) is 4.79 Å². The van der Waals surface area contributed by atoms with E-state index < -0.39 is 5.41 Å². The molecular weight excluding hydrogens is 540 g/mol. The fourth-order valence-electron chi connectivity index (χ4n) is 3.04. The van der Waals surface area contributed by atoms with Crippen LogP contribution in [0.15, 0.2) is 49.2 Å². The molecule has 0 N–H and O–H groups in total. The number of halogens is 2. The lowest BCUT2D eigenvalue weighted by atomic mass is 9.95. The van der Waals surface area contributed by atoms with Crippen LogP contribution in [0, 0.1) is 11.3 Å². The number of nitrogens with zero attached hydrogens (tertiary/aromatic N) is 4. The summed E-state index contributed by atoms with van der Waals surface area (Å²) in [4.78, 5) is 18.0. The van der Waals surface area contributed by atoms with Crippen molar-refractivity contribution in [2.75, 3.05) is 13.2 Å². The van der Waals surface area contributed by atoms with E-state index in [0.29, 0.717) is 44.9 Å². The minimum absolute atomic E-state index is 0.102. The van der Waals surface area contributed by atoms with E-state index in [4.69, 9.17) is 19.7 Å². The average Bonchev–Trinajstić information content (AvgIpc) is 2.72. The number of hydrogen-bond acceptors (Lipinski definition) is 6. The Kier molecular flexibility index (Phi) is 7.36. The fraction of sp³-hybridized carbons (Fsp3) is 0.304. The van der Waals surface area contributed by atoms with Gasteiger partial charge in [0.15, 0.2) is 18.1 Å². The van der Waals surface area contributed by atoms with Crippen molar-refractivity contribution in [1.82, 2.24) is 9.66 Å². The summed E-state index contributed by atoms with van der Waals surface area (Å²) in [6.07, 6.45) is 1.57. The van der Waals surface area contributed by atoms with Crippen LogP contribution in [0.1, 0.15) is 39.1 Å². The highest BCUT2D eigenvalue weighted by atomic mass is 79.9. The first-order valence-electron chi connectivity index (χ1n) is 9.89. The maximum atomic E-state index is 13.3. The first kappa shape index (κ1) is 24.0. The lowest BCUT2D eigenvalue weighted by Crippen LogP contribution is -2.29. The van der Waals surface area contributed by atoms with Crippen molar-refractivity contribution in [3.63, 3.8) is 0 Å². The van der Waals surface area contributed by atoms with Crippen molar-refractivity contribution in [1.29, 1.82) is 5.26 Å². The Labute approximate surface area is 202 Å². The lowest BCUT2D eigenvalue weighted by Gasteiger charge is -2.21. The highest BCUT2D eigenvalue weighted by Crippen LogP contribution is 2.36. The lowest BCUT2D eigenvalue weighted by molar-refractivity contribution is 0.297. The monoisotopic (exact) mass is 560 g/mol. The number of fused-ring (bicyclic) bond motifs is 1. The minimum atomic E-state index is -0.413. The molecule has 1 heterocycles. The zero-order valence-corrected chi connectivity index (χ0v) is 21.3. The Morgan fingerprint density at radius 1 is 1.22 bits per heavy atom. The molecule has 0 bridgehead atoms. The largest absolute Gasteiger partial charge is 0.490 e. The summed E-state index contributed by atoms with van der Waals surface area (Å²) >= 11 is 6.88. The molecule has 0 saturated carbocycles. The van der Waals surface area contributed by atoms with E-state index in [-0.39, 0.29) is 12.2 Å². The predicted octanol–water partition coefficient (Wildman–Crippen LogP) is 5.40. The van der Waals surface area contributed by atoms with Gasteiger partial charge < -0.3 is 9.47 Å². The Morgan fingerprint density at radius 3 is 2.62 bits per heavy atom. The average molecular weight is 562 g/mol. The third-order valence-electron chi connectivity index (χ3n) is 4.41. The van der Waals surface area contributed by atoms with Crippen molar-refractivity contribution in [3.8, 4) is 17.6 Å². The summed E-state index contributed by atoms with van der Waals surface area (Å²) in [5, 5.41) is 13.8. The Bertz CT molecular complexity index is 1290. The topological polar surface area (TPSA) is 89.5 Å². The van der Waals surface area contributed by atoms with Gasteiger partial charge in [0.25, 0.3) is 5.56 Å². The van der Waals surface area contributed by atoms with Gasteiger partial charge in [-0.25, -0.2) is 4.98 Å². The summed E-state index contributed by atoms with van der Waals surface area (Å²) in [7, 11) is 0. The molecule has 0 aliphatic carbocycles. The number of nitriles is 1. The van der Waals surface area contributed by atoms with Gasteiger partial charge >= 0.3 is 0 Å². The highest BCUT2D eigenvalue weighted by molar-refractivity contribution is 9.10. The number of ether oxygens (including phenoxy) is 2. The summed E-state index contributed by atoms with van der Waals surface area (Å²) in [6.45, 7) is 8.13. The van der Waals surface area contributed by atoms with Crippen molar-refractivity contribution in [3.05, 3.63) is 61.0 Å². The zero-order chi connectivity index (χ0) is 23.5. The summed E-state index contributed by atoms with van der Waals surface area (Å²) < 4.78 is 13.9. The predicted molar refractivity (Wildman–Crippen MR) is 132 cm³/mol. The third-order valence-corrected chi connectivity index (χ3v) is 5.50. The van der Waals surface area contributed by atoms with Gasteiger partial charge in [-0.1, -0.05) is 36.7 Å². The van der Waals surface area contributed by atoms with Gasteiger partial charge in [-0.05, 0) is 58.7 Å². The van der Waals surface area contributed by atoms with Crippen LogP contribution in [-0.4, -0.2) is 29.1 Å². The second-order valence-corrected chi connectivity index (χ2v) is 9.69. The van der Waals surface area contributed by atoms with Gasteiger partial charge in [0, 0.05) is 9.89 Å². The van der Waals surface area contributed by atoms with E-state index in [9.17, 15) is 4.79 Å². The van der Waals surface area contributed by atoms with Crippen molar-refractivity contribution < 1.29 is 9.47 Å². The van der Waals surface area contributed by atoms with E-state index >= 15 is 0 Å². The maximum Gasteiger partial charge on any atom is 0.282 e. The van der Waals surface area contributed by atoms with Crippen LogP contribution in [0.3, 0.4) is 0 Å². The van der Waals surface area contributed by atoms with Crippen molar-refractivity contribution in [2.24, 2.45) is 5.10 Å². The van der Waals surface area contributed by atoms with Gasteiger partial charge in [0.2, 0.25) is 0 Å². The van der Waals surface area contributed by atoms with Crippen LogP contribution in [0.4, 0.5) is 0 Å². The molecule has 0 amide bonds. The van der Waals surface area contributed by atoms with Crippen LogP contribution in [0.25, 0.3) is 10.9 Å². The fourth-order valence-corrected chi connectivity index (χ4v) is 3.97. The molecule has 0 atom stereocenters. The maximum absolute atomic E-state index is 13.3. The van der Waals surface area contributed by atoms with Crippen molar-refractivity contribution in [2.45, 2.75) is 33.1 Å². The number of rotatable bonds is 6. The van der Waals surface area contributed by atoms with Gasteiger partial charge in [-0.2, -0.15) is 15.0 Å². The molecular formula is C23H22Br2N4O3. The van der Waals surface area contributed by atoms with Gasteiger partial charge in [-0.15, -0.1) is 0 Å². The van der Waals surface area contributed by atoms with Gasteiger partial charge in [0.05, 0.1) is 28.2 Å². The molecule has 9 heteroatoms. The van der Waals surface area contributed by atoms with E-state index in [1.54, 1.807) is 24.4 Å². The number of hydrogen-bond donors (Lipinski definition) is 0. The molecule has 0 radical (unpaired) electrons. The van der Waals surface area contributed by atoms with E-state index in [2.05, 4.69) is 37.0 Å². The summed E-state index contributed by atoms with van der Waals surface area (Å²) in [6, 6.07) is 10.9. The van der Waals surface area contributed by atoms with Crippen LogP contribution < -0.4 is 15.0 Å². The molecule has 2 aromatic carbocycles. The highest BCUT2D eigenvalue weighted by Gasteiger charge is 2.23. The summed E-state index contributed by atoms with van der Waals surface area (Å²) in [5.74, 6) is 1.46. The second kappa shape index (κ2) is 9.84. The molecule has 0 unspecified atom stereocenters. The molecule has 7 nitrogen and oxygen atoms in total. The molecule has 0 aliphatic heterocycles. The number of benzene rings is 2. The molecule has 166 valence electrons. The quantitative estimate of drug-likeness (QED) is 0.376. The first-order chi connectivity index (χ1) is 15.2. The molecule has 32 heavy (non-hydrogen) atoms. The minimum Gasteiger partial charge on any atom is -0.490 e. The Hall–Kier alpha value is -2.70. The second-order valence-electron chi connectivity index (χ2n) is 7.92.